The average molecular weight is 402 g/mol. The first-order valence-electron chi connectivity index (χ1n) is 9.64. The molecule has 0 saturated carbocycles. The van der Waals surface area contributed by atoms with E-state index in [-0.39, 0.29) is 5.91 Å². The maximum Gasteiger partial charge on any atom is 0.261 e. The fourth-order valence-electron chi connectivity index (χ4n) is 3.03. The van der Waals surface area contributed by atoms with Gasteiger partial charge in [0.15, 0.2) is 17.6 Å². The van der Waals surface area contributed by atoms with Crippen molar-refractivity contribution in [3.8, 4) is 23.0 Å². The van der Waals surface area contributed by atoms with Crippen LogP contribution in [0, 0.1) is 6.92 Å². The van der Waals surface area contributed by atoms with Gasteiger partial charge in [0.2, 0.25) is 5.75 Å². The Morgan fingerprint density at radius 3 is 2.07 bits per heavy atom. The molecule has 0 fully saturated rings. The van der Waals surface area contributed by atoms with Crippen LogP contribution in [0.3, 0.4) is 0 Å². The zero-order valence-electron chi connectivity index (χ0n) is 18.3. The van der Waals surface area contributed by atoms with Crippen molar-refractivity contribution in [2.75, 3.05) is 21.3 Å². The molecule has 0 saturated heterocycles. The first-order chi connectivity index (χ1) is 13.8. The maximum absolute atomic E-state index is 12.6. The van der Waals surface area contributed by atoms with Gasteiger partial charge < -0.3 is 24.3 Å². The second-order valence-electron chi connectivity index (χ2n) is 7.21. The molecule has 1 atom stereocenters. The number of benzene rings is 2. The van der Waals surface area contributed by atoms with E-state index in [1.54, 1.807) is 28.3 Å². The predicted molar refractivity (Wildman–Crippen MR) is 113 cm³/mol. The van der Waals surface area contributed by atoms with Gasteiger partial charge in [-0.1, -0.05) is 26.0 Å². The van der Waals surface area contributed by atoms with E-state index in [0.717, 1.165) is 22.4 Å². The summed E-state index contributed by atoms with van der Waals surface area (Å²) in [5.74, 6) is 2.45. The van der Waals surface area contributed by atoms with Crippen LogP contribution in [0.25, 0.3) is 0 Å². The topological polar surface area (TPSA) is 66.0 Å². The standard InChI is InChI=1S/C23H31NO5/c1-14(2)18-9-8-15(3)10-19(18)29-16(4)23(25)24-13-17-11-20(26-5)22(28-7)21(12-17)27-6/h8-12,14,16H,13H2,1-7H3,(H,24,25). The predicted octanol–water partition coefficient (Wildman–Crippen LogP) is 4.23. The molecular formula is C23H31NO5. The summed E-state index contributed by atoms with van der Waals surface area (Å²) in [7, 11) is 4.67. The highest BCUT2D eigenvalue weighted by Gasteiger charge is 2.19. The third-order valence-electron chi connectivity index (χ3n) is 4.66. The van der Waals surface area contributed by atoms with Gasteiger partial charge in [-0.05, 0) is 54.7 Å². The van der Waals surface area contributed by atoms with Crippen LogP contribution in [0.4, 0.5) is 0 Å². The number of hydrogen-bond donors (Lipinski definition) is 1. The molecule has 2 rings (SSSR count). The van der Waals surface area contributed by atoms with Crippen LogP contribution in [0.15, 0.2) is 30.3 Å². The fourth-order valence-corrected chi connectivity index (χ4v) is 3.03. The lowest BCUT2D eigenvalue weighted by atomic mass is 10.0. The second-order valence-corrected chi connectivity index (χ2v) is 7.21. The highest BCUT2D eigenvalue weighted by Crippen LogP contribution is 2.38. The Kier molecular flexibility index (Phi) is 7.76. The lowest BCUT2D eigenvalue weighted by Crippen LogP contribution is -2.36. The number of ether oxygens (including phenoxy) is 4. The number of amides is 1. The molecule has 0 aliphatic heterocycles. The Hall–Kier alpha value is -2.89. The lowest BCUT2D eigenvalue weighted by molar-refractivity contribution is -0.127. The average Bonchev–Trinajstić information content (AvgIpc) is 2.70. The number of carbonyl (C=O) groups excluding carboxylic acids is 1. The van der Waals surface area contributed by atoms with Crippen LogP contribution in [0.2, 0.25) is 0 Å². The molecule has 1 N–H and O–H groups in total. The Bertz CT molecular complexity index is 822. The molecule has 2 aromatic carbocycles. The van der Waals surface area contributed by atoms with Gasteiger partial charge in [0, 0.05) is 6.54 Å². The SMILES string of the molecule is COc1cc(CNC(=O)C(C)Oc2cc(C)ccc2C(C)C)cc(OC)c1OC. The summed E-state index contributed by atoms with van der Waals surface area (Å²) in [6.45, 7) is 8.27. The maximum atomic E-state index is 12.6. The minimum absolute atomic E-state index is 0.199. The summed E-state index contributed by atoms with van der Waals surface area (Å²) in [6, 6.07) is 9.70. The number of methoxy groups -OCH3 is 3. The van der Waals surface area contributed by atoms with Gasteiger partial charge in [-0.2, -0.15) is 0 Å². The van der Waals surface area contributed by atoms with E-state index in [9.17, 15) is 4.79 Å². The first-order valence-corrected chi connectivity index (χ1v) is 9.64. The van der Waals surface area contributed by atoms with Crippen LogP contribution in [0.5, 0.6) is 23.0 Å². The lowest BCUT2D eigenvalue weighted by Gasteiger charge is -2.20. The molecule has 1 unspecified atom stereocenters. The minimum Gasteiger partial charge on any atom is -0.493 e. The van der Waals surface area contributed by atoms with Gasteiger partial charge in [0.1, 0.15) is 5.75 Å². The number of aryl methyl sites for hydroxylation is 1. The molecule has 0 aliphatic rings. The molecule has 0 heterocycles. The van der Waals surface area contributed by atoms with Crippen molar-refractivity contribution in [3.63, 3.8) is 0 Å². The molecule has 2 aromatic rings. The third-order valence-corrected chi connectivity index (χ3v) is 4.66. The normalized spacial score (nSPS) is 11.7. The van der Waals surface area contributed by atoms with Crippen molar-refractivity contribution in [3.05, 3.63) is 47.0 Å². The fraction of sp³-hybridized carbons (Fsp3) is 0.435. The smallest absolute Gasteiger partial charge is 0.261 e. The highest BCUT2D eigenvalue weighted by atomic mass is 16.5. The second kappa shape index (κ2) is 10.0. The van der Waals surface area contributed by atoms with E-state index >= 15 is 0 Å². The van der Waals surface area contributed by atoms with Crippen LogP contribution in [-0.2, 0) is 11.3 Å². The molecule has 0 spiro atoms. The zero-order chi connectivity index (χ0) is 21.6. The van der Waals surface area contributed by atoms with Gasteiger partial charge in [0.25, 0.3) is 5.91 Å². The summed E-state index contributed by atoms with van der Waals surface area (Å²) in [4.78, 5) is 12.6. The molecular weight excluding hydrogens is 370 g/mol. The minimum atomic E-state index is -0.628. The van der Waals surface area contributed by atoms with Crippen LogP contribution < -0.4 is 24.3 Å². The molecule has 0 aromatic heterocycles. The van der Waals surface area contributed by atoms with Gasteiger partial charge in [-0.15, -0.1) is 0 Å². The van der Waals surface area contributed by atoms with E-state index in [1.807, 2.05) is 25.1 Å². The van der Waals surface area contributed by atoms with Crippen LogP contribution >= 0.6 is 0 Å². The highest BCUT2D eigenvalue weighted by molar-refractivity contribution is 5.80. The van der Waals surface area contributed by atoms with Crippen molar-refractivity contribution in [2.45, 2.75) is 46.3 Å². The summed E-state index contributed by atoms with van der Waals surface area (Å²) >= 11 is 0. The summed E-state index contributed by atoms with van der Waals surface area (Å²) in [5.41, 5.74) is 3.01. The van der Waals surface area contributed by atoms with E-state index < -0.39 is 6.10 Å². The monoisotopic (exact) mass is 401 g/mol. The Balaban J connectivity index is 2.09. The first kappa shape index (κ1) is 22.4. The summed E-state index contributed by atoms with van der Waals surface area (Å²) in [6.07, 6.45) is -0.628. The summed E-state index contributed by atoms with van der Waals surface area (Å²) in [5, 5.41) is 2.91. The molecule has 0 radical (unpaired) electrons. The summed E-state index contributed by atoms with van der Waals surface area (Å²) < 4.78 is 22.0. The number of nitrogens with one attached hydrogen (secondary N) is 1. The van der Waals surface area contributed by atoms with Crippen molar-refractivity contribution in [1.29, 1.82) is 0 Å². The van der Waals surface area contributed by atoms with Crippen LogP contribution in [0.1, 0.15) is 43.4 Å². The quantitative estimate of drug-likeness (QED) is 0.681. The zero-order valence-corrected chi connectivity index (χ0v) is 18.3. The third kappa shape index (κ3) is 5.56. The Morgan fingerprint density at radius 2 is 1.55 bits per heavy atom. The Labute approximate surface area is 173 Å². The van der Waals surface area contributed by atoms with Crippen molar-refractivity contribution in [1.82, 2.24) is 5.32 Å². The van der Waals surface area contributed by atoms with E-state index in [1.165, 1.54) is 0 Å². The van der Waals surface area contributed by atoms with Crippen molar-refractivity contribution in [2.24, 2.45) is 0 Å². The molecule has 6 heteroatoms. The molecule has 0 aliphatic carbocycles. The van der Waals surface area contributed by atoms with Gasteiger partial charge in [0.05, 0.1) is 21.3 Å². The van der Waals surface area contributed by atoms with E-state index in [4.69, 9.17) is 18.9 Å². The van der Waals surface area contributed by atoms with Crippen molar-refractivity contribution < 1.29 is 23.7 Å². The van der Waals surface area contributed by atoms with Gasteiger partial charge >= 0.3 is 0 Å². The molecule has 6 nitrogen and oxygen atoms in total. The molecule has 29 heavy (non-hydrogen) atoms. The Morgan fingerprint density at radius 1 is 0.931 bits per heavy atom. The molecule has 0 bridgehead atoms. The molecule has 1 amide bonds. The largest absolute Gasteiger partial charge is 0.493 e. The number of rotatable bonds is 9. The number of carbonyl (C=O) groups is 1. The van der Waals surface area contributed by atoms with Gasteiger partial charge in [-0.25, -0.2) is 0 Å². The number of hydrogen-bond acceptors (Lipinski definition) is 5. The van der Waals surface area contributed by atoms with E-state index in [2.05, 4.69) is 31.3 Å². The van der Waals surface area contributed by atoms with Crippen molar-refractivity contribution >= 4 is 5.91 Å². The van der Waals surface area contributed by atoms with Crippen LogP contribution in [-0.4, -0.2) is 33.3 Å². The van der Waals surface area contributed by atoms with E-state index in [0.29, 0.717) is 29.7 Å². The molecule has 158 valence electrons. The van der Waals surface area contributed by atoms with Gasteiger partial charge in [-0.3, -0.25) is 4.79 Å².